The first-order chi connectivity index (χ1) is 40.9. The Morgan fingerprint density at radius 1 is 0.325 bits per heavy atom. The van der Waals surface area contributed by atoms with Gasteiger partial charge in [-0.3, -0.25) is 0 Å². The molecule has 12 aromatic carbocycles. The van der Waals surface area contributed by atoms with Crippen molar-refractivity contribution in [3.05, 3.63) is 338 Å². The van der Waals surface area contributed by atoms with Gasteiger partial charge in [0.2, 0.25) is 0 Å². The van der Waals surface area contributed by atoms with Crippen LogP contribution in [-0.2, 0) is 5.41 Å². The fraction of sp³-hybridized carbons (Fsp3) is 0.0617. The van der Waals surface area contributed by atoms with Gasteiger partial charge in [-0.2, -0.15) is 0 Å². The normalized spacial score (nSPS) is 15.2. The predicted octanol–water partition coefficient (Wildman–Crippen LogP) is 21.7. The molecule has 0 saturated carbocycles. The van der Waals surface area contributed by atoms with Crippen LogP contribution in [0.15, 0.2) is 315 Å². The van der Waals surface area contributed by atoms with Crippen LogP contribution in [-0.4, -0.2) is 6.04 Å². The molecule has 2 heteroatoms. The maximum absolute atomic E-state index is 2.56. The van der Waals surface area contributed by atoms with E-state index in [2.05, 4.69) is 339 Å². The molecule has 2 atom stereocenters. The number of nitrogens with zero attached hydrogens (tertiary/aromatic N) is 2. The van der Waals surface area contributed by atoms with E-state index in [4.69, 9.17) is 0 Å². The summed E-state index contributed by atoms with van der Waals surface area (Å²) in [5.41, 5.74) is 29.2. The molecule has 0 radical (unpaired) electrons. The Bertz CT molecular complexity index is 4380. The van der Waals surface area contributed by atoms with E-state index in [0.29, 0.717) is 0 Å². The van der Waals surface area contributed by atoms with Gasteiger partial charge in [-0.1, -0.05) is 250 Å². The molecule has 2 aliphatic carbocycles. The quantitative estimate of drug-likeness (QED) is 0.127. The minimum Gasteiger partial charge on any atom is -0.333 e. The topological polar surface area (TPSA) is 6.48 Å². The molecule has 83 heavy (non-hydrogen) atoms. The summed E-state index contributed by atoms with van der Waals surface area (Å²) in [6.45, 7) is 4.71. The van der Waals surface area contributed by atoms with Crippen molar-refractivity contribution in [3.63, 3.8) is 0 Å². The van der Waals surface area contributed by atoms with Gasteiger partial charge in [0.25, 0.3) is 0 Å². The van der Waals surface area contributed by atoms with Crippen LogP contribution in [0.25, 0.3) is 83.5 Å². The van der Waals surface area contributed by atoms with E-state index >= 15 is 0 Å². The molecule has 0 bridgehead atoms. The van der Waals surface area contributed by atoms with Crippen molar-refractivity contribution in [1.29, 1.82) is 0 Å². The highest BCUT2D eigenvalue weighted by Crippen LogP contribution is 2.53. The van der Waals surface area contributed by atoms with Gasteiger partial charge in [-0.05, 0) is 185 Å². The molecule has 0 spiro atoms. The molecular formula is C81H60N2. The van der Waals surface area contributed by atoms with Crippen LogP contribution in [0, 0.1) is 0 Å². The summed E-state index contributed by atoms with van der Waals surface area (Å²) in [5, 5.41) is 0. The molecule has 12 aromatic rings. The number of rotatable bonds is 11. The largest absolute Gasteiger partial charge is 0.333 e. The molecule has 3 aliphatic rings. The van der Waals surface area contributed by atoms with Crippen molar-refractivity contribution in [2.24, 2.45) is 0 Å². The van der Waals surface area contributed by atoms with E-state index in [9.17, 15) is 0 Å². The Labute approximate surface area is 487 Å². The van der Waals surface area contributed by atoms with Gasteiger partial charge < -0.3 is 9.80 Å². The van der Waals surface area contributed by atoms with Gasteiger partial charge >= 0.3 is 0 Å². The number of anilines is 5. The molecule has 0 aromatic heterocycles. The third-order valence-electron chi connectivity index (χ3n) is 17.6. The van der Waals surface area contributed by atoms with Crippen LogP contribution in [0.4, 0.5) is 28.4 Å². The number of hydrogen-bond acceptors (Lipinski definition) is 2. The summed E-state index contributed by atoms with van der Waals surface area (Å²) in [7, 11) is 0. The molecule has 394 valence electrons. The monoisotopic (exact) mass is 1060 g/mol. The molecule has 0 saturated heterocycles. The van der Waals surface area contributed by atoms with Crippen LogP contribution >= 0.6 is 0 Å². The maximum atomic E-state index is 2.56. The zero-order chi connectivity index (χ0) is 55.4. The lowest BCUT2D eigenvalue weighted by Gasteiger charge is -2.30. The lowest BCUT2D eigenvalue weighted by molar-refractivity contribution is 0.660. The van der Waals surface area contributed by atoms with Crippen molar-refractivity contribution in [3.8, 4) is 77.9 Å². The lowest BCUT2D eigenvalue weighted by Crippen LogP contribution is -2.28. The Balaban J connectivity index is 0.794. The summed E-state index contributed by atoms with van der Waals surface area (Å²) >= 11 is 0. The van der Waals surface area contributed by atoms with Crippen LogP contribution in [0.1, 0.15) is 42.0 Å². The Morgan fingerprint density at radius 2 is 0.771 bits per heavy atom. The van der Waals surface area contributed by atoms with Crippen LogP contribution in [0.3, 0.4) is 0 Å². The van der Waals surface area contributed by atoms with Crippen molar-refractivity contribution in [1.82, 2.24) is 0 Å². The molecule has 0 fully saturated rings. The maximum Gasteiger partial charge on any atom is 0.0630 e. The minimum absolute atomic E-state index is 0.0938. The Kier molecular flexibility index (Phi) is 12.4. The second kappa shape index (κ2) is 20.7. The molecule has 2 unspecified atom stereocenters. The summed E-state index contributed by atoms with van der Waals surface area (Å²) in [5.74, 6) is 0.141. The molecule has 0 N–H and O–H groups in total. The Morgan fingerprint density at radius 3 is 1.39 bits per heavy atom. The van der Waals surface area contributed by atoms with E-state index in [1.807, 2.05) is 0 Å². The van der Waals surface area contributed by atoms with Gasteiger partial charge in [0.05, 0.1) is 6.04 Å². The smallest absolute Gasteiger partial charge is 0.0630 e. The van der Waals surface area contributed by atoms with Gasteiger partial charge in [0.15, 0.2) is 0 Å². The summed E-state index contributed by atoms with van der Waals surface area (Å²) in [6, 6.07) is 110. The van der Waals surface area contributed by atoms with Crippen LogP contribution in [0.5, 0.6) is 0 Å². The van der Waals surface area contributed by atoms with E-state index in [0.717, 1.165) is 22.6 Å². The van der Waals surface area contributed by atoms with E-state index < -0.39 is 0 Å². The summed E-state index contributed by atoms with van der Waals surface area (Å²) in [6.07, 6.45) is 7.29. The summed E-state index contributed by atoms with van der Waals surface area (Å²) < 4.78 is 0. The molecule has 15 rings (SSSR count). The van der Waals surface area contributed by atoms with Crippen molar-refractivity contribution >= 4 is 34.0 Å². The third-order valence-corrected chi connectivity index (χ3v) is 17.6. The average molecular weight is 1060 g/mol. The van der Waals surface area contributed by atoms with Crippen molar-refractivity contribution in [2.45, 2.75) is 31.2 Å². The third kappa shape index (κ3) is 9.10. The molecule has 0 amide bonds. The second-order valence-electron chi connectivity index (χ2n) is 22.9. The van der Waals surface area contributed by atoms with Gasteiger partial charge in [-0.15, -0.1) is 0 Å². The highest BCUT2D eigenvalue weighted by molar-refractivity contribution is 5.91. The lowest BCUT2D eigenvalue weighted by atomic mass is 9.82. The number of hydrogen-bond donors (Lipinski definition) is 0. The van der Waals surface area contributed by atoms with Gasteiger partial charge in [0, 0.05) is 39.8 Å². The molecule has 2 nitrogen and oxygen atoms in total. The van der Waals surface area contributed by atoms with E-state index in [1.54, 1.807) is 0 Å². The fourth-order valence-electron chi connectivity index (χ4n) is 13.3. The van der Waals surface area contributed by atoms with Crippen molar-refractivity contribution < 1.29 is 0 Å². The van der Waals surface area contributed by atoms with Gasteiger partial charge in [0.1, 0.15) is 0 Å². The number of allylic oxidation sites excluding steroid dienone is 2. The SMILES string of the molecule is CC1(C)c2ccccc2-c2cc(N(c3ccc(-c4ccc(N5c6ccc(-c7cccc(-c8ccccc8)c7)cc6C6C=C(c7cccc(-c8ccccc8)c7)C=CC65)cc4)cc3)c3cc(-c4ccccc4)cc(-c4ccccc4)c3)ccc21. The molecule has 1 aliphatic heterocycles. The van der Waals surface area contributed by atoms with Crippen LogP contribution < -0.4 is 9.80 Å². The zero-order valence-corrected chi connectivity index (χ0v) is 46.6. The highest BCUT2D eigenvalue weighted by Gasteiger charge is 2.39. The molecular weight excluding hydrogens is 1000 g/mol. The average Bonchev–Trinajstić information content (AvgIpc) is 4.26. The standard InChI is InChI=1S/C81H60N2/c1-81(2)77-32-16-15-31-73(77)74-54-71(43-44-78(74)81)82(72-50-67(57-23-11-5-12-24-57)49-68(51-72)58-25-13-6-14-26-58)69-39-33-59(34-40-69)60-35-41-70(42-36-60)83-79-45-37-65(63-29-17-27-61(47-63)55-19-7-3-8-20-55)52-75(79)76-53-66(38-46-80(76)83)64-30-18-28-62(48-64)56-21-9-4-10-22-56/h3-54,75,79H,1-2H3. The minimum atomic E-state index is -0.0938. The first-order valence-electron chi connectivity index (χ1n) is 29.0. The first-order valence-corrected chi connectivity index (χ1v) is 29.0. The summed E-state index contributed by atoms with van der Waals surface area (Å²) in [4.78, 5) is 5.01. The zero-order valence-electron chi connectivity index (χ0n) is 46.6. The fourth-order valence-corrected chi connectivity index (χ4v) is 13.3. The Hall–Kier alpha value is -10.3. The van der Waals surface area contributed by atoms with E-state index in [-0.39, 0.29) is 17.4 Å². The van der Waals surface area contributed by atoms with Gasteiger partial charge in [-0.25, -0.2) is 0 Å². The molecule has 1 heterocycles. The van der Waals surface area contributed by atoms with Crippen LogP contribution in [0.2, 0.25) is 0 Å². The highest BCUT2D eigenvalue weighted by atomic mass is 15.2. The van der Waals surface area contributed by atoms with E-state index in [1.165, 1.54) is 112 Å². The first kappa shape index (κ1) is 49.7. The van der Waals surface area contributed by atoms with Crippen molar-refractivity contribution in [2.75, 3.05) is 9.80 Å². The number of benzene rings is 12. The number of fused-ring (bicyclic) bond motifs is 6. The second-order valence-corrected chi connectivity index (χ2v) is 22.9. The predicted molar refractivity (Wildman–Crippen MR) is 350 cm³/mol.